The van der Waals surface area contributed by atoms with E-state index in [0.29, 0.717) is 48.5 Å². The number of ether oxygens (including phenoxy) is 4. The number of carbonyl (C=O) groups is 3. The molecule has 57 heavy (non-hydrogen) atoms. The summed E-state index contributed by atoms with van der Waals surface area (Å²) in [6.45, 7) is 11.8. The number of aliphatic hydroxyl groups is 1. The van der Waals surface area contributed by atoms with Crippen molar-refractivity contribution >= 4 is 23.9 Å². The van der Waals surface area contributed by atoms with Crippen molar-refractivity contribution in [3.8, 4) is 0 Å². The van der Waals surface area contributed by atoms with Gasteiger partial charge in [-0.3, -0.25) is 9.59 Å². The van der Waals surface area contributed by atoms with Crippen molar-refractivity contribution in [1.82, 2.24) is 10.2 Å². The molecule has 314 valence electrons. The summed E-state index contributed by atoms with van der Waals surface area (Å²) < 4.78 is 26.5. The van der Waals surface area contributed by atoms with Gasteiger partial charge in [0.05, 0.1) is 23.9 Å². The number of likely N-dealkylation sites (tertiary alicyclic amines) is 1. The number of unbranched alkanes of at least 4 members (excludes halogenated alkanes) is 4. The number of allylic oxidation sites excluding steroid dienone is 1. The van der Waals surface area contributed by atoms with Crippen molar-refractivity contribution in [3.63, 3.8) is 0 Å². The highest BCUT2D eigenvalue weighted by Gasteiger charge is 2.56. The zero-order valence-electron chi connectivity index (χ0n) is 35.2. The van der Waals surface area contributed by atoms with Crippen LogP contribution in [0.15, 0.2) is 41.5 Å². The van der Waals surface area contributed by atoms with E-state index in [9.17, 15) is 19.5 Å². The van der Waals surface area contributed by atoms with E-state index >= 15 is 0 Å². The zero-order chi connectivity index (χ0) is 40.4. The summed E-state index contributed by atoms with van der Waals surface area (Å²) in [4.78, 5) is 43.5. The van der Waals surface area contributed by atoms with Gasteiger partial charge in [0, 0.05) is 37.9 Å². The van der Waals surface area contributed by atoms with Crippen LogP contribution in [0.3, 0.4) is 0 Å². The van der Waals surface area contributed by atoms with Crippen LogP contribution in [-0.4, -0.2) is 89.3 Å². The second kappa shape index (κ2) is 17.7. The standard InChI is InChI=1S/C47H68N2O8/c1-6-8-12-21-47(22-13-9-7-2)55-39-29-33(43(52)49-25-14-17-37(49)42(51)48-24-26-50)28-38(41(39)57-47)54-44(53)34-16-11-10-15-31(34)27-32-18-19-40-46(5,56-40)23-20-36-35(32)30-45(36,3)4/h10-11,15-16,27,29,35-41,50H,6-9,12-14,17-26,28,30H2,1-5H3,(H,48,51)/t35-,36-,37-,38-,39-,40?,41+,46-/m1/s1. The minimum absolute atomic E-state index is 0.00243. The smallest absolute Gasteiger partial charge is 0.339 e. The van der Waals surface area contributed by atoms with Gasteiger partial charge in [0.1, 0.15) is 24.4 Å². The summed E-state index contributed by atoms with van der Waals surface area (Å²) >= 11 is 0. The van der Waals surface area contributed by atoms with E-state index in [1.165, 1.54) is 5.57 Å². The van der Waals surface area contributed by atoms with Crippen LogP contribution in [0.25, 0.3) is 6.08 Å². The number of epoxide rings is 1. The highest BCUT2D eigenvalue weighted by atomic mass is 16.8. The molecule has 0 spiro atoms. The van der Waals surface area contributed by atoms with Crippen LogP contribution >= 0.6 is 0 Å². The molecule has 8 atom stereocenters. The topological polar surface area (TPSA) is 127 Å². The fraction of sp³-hybridized carbons (Fsp3) is 0.723. The van der Waals surface area contributed by atoms with Gasteiger partial charge in [-0.15, -0.1) is 0 Å². The van der Waals surface area contributed by atoms with Gasteiger partial charge >= 0.3 is 5.97 Å². The van der Waals surface area contributed by atoms with Crippen molar-refractivity contribution in [2.45, 2.75) is 179 Å². The Kier molecular flexibility index (Phi) is 13.0. The lowest BCUT2D eigenvalue weighted by Gasteiger charge is -2.53. The first kappa shape index (κ1) is 42.1. The first-order valence-electron chi connectivity index (χ1n) is 22.3. The van der Waals surface area contributed by atoms with Gasteiger partial charge in [0.25, 0.3) is 0 Å². The van der Waals surface area contributed by atoms with Crippen molar-refractivity contribution < 1.29 is 38.4 Å². The predicted octanol–water partition coefficient (Wildman–Crippen LogP) is 8.06. The van der Waals surface area contributed by atoms with E-state index in [1.54, 1.807) is 4.90 Å². The van der Waals surface area contributed by atoms with Crippen LogP contribution < -0.4 is 5.32 Å². The highest BCUT2D eigenvalue weighted by molar-refractivity contribution is 5.98. The van der Waals surface area contributed by atoms with E-state index in [1.807, 2.05) is 30.3 Å². The number of nitrogens with zero attached hydrogens (tertiary/aromatic N) is 1. The molecule has 7 rings (SSSR count). The van der Waals surface area contributed by atoms with Crippen LogP contribution in [0.2, 0.25) is 0 Å². The van der Waals surface area contributed by atoms with E-state index in [4.69, 9.17) is 18.9 Å². The molecule has 5 fully saturated rings. The minimum atomic E-state index is -0.826. The molecule has 3 saturated heterocycles. The first-order chi connectivity index (χ1) is 27.4. The highest BCUT2D eigenvalue weighted by Crippen LogP contribution is 2.60. The number of hydrogen-bond acceptors (Lipinski definition) is 8. The summed E-state index contributed by atoms with van der Waals surface area (Å²) in [6, 6.07) is 7.11. The van der Waals surface area contributed by atoms with Gasteiger partial charge in [-0.25, -0.2) is 4.79 Å². The summed E-state index contributed by atoms with van der Waals surface area (Å²) in [5.41, 5.74) is 3.50. The molecule has 0 aromatic heterocycles. The summed E-state index contributed by atoms with van der Waals surface area (Å²) in [6.07, 6.45) is 16.9. The van der Waals surface area contributed by atoms with Crippen molar-refractivity contribution in [3.05, 3.63) is 52.6 Å². The lowest BCUT2D eigenvalue weighted by molar-refractivity contribution is -0.190. The minimum Gasteiger partial charge on any atom is -0.456 e. The molecule has 2 amide bonds. The van der Waals surface area contributed by atoms with Gasteiger partial charge in [0.15, 0.2) is 5.79 Å². The fourth-order valence-electron chi connectivity index (χ4n) is 10.8. The average molecular weight is 789 g/mol. The fourth-order valence-corrected chi connectivity index (χ4v) is 10.8. The number of nitrogens with one attached hydrogen (secondary N) is 1. The van der Waals surface area contributed by atoms with Crippen molar-refractivity contribution in [2.24, 2.45) is 17.3 Å². The van der Waals surface area contributed by atoms with Gasteiger partial charge in [-0.1, -0.05) is 83.2 Å². The number of benzene rings is 1. The Bertz CT molecular complexity index is 1680. The zero-order valence-corrected chi connectivity index (χ0v) is 35.2. The molecule has 2 saturated carbocycles. The maximum Gasteiger partial charge on any atom is 0.339 e. The molecule has 0 bridgehead atoms. The predicted molar refractivity (Wildman–Crippen MR) is 219 cm³/mol. The molecule has 0 radical (unpaired) electrons. The molecule has 3 aliphatic heterocycles. The van der Waals surface area contributed by atoms with E-state index in [-0.39, 0.29) is 42.4 Å². The Morgan fingerprint density at radius 3 is 2.46 bits per heavy atom. The van der Waals surface area contributed by atoms with Crippen molar-refractivity contribution in [1.29, 1.82) is 0 Å². The summed E-state index contributed by atoms with van der Waals surface area (Å²) in [5.74, 6) is -0.705. The third-order valence-electron chi connectivity index (χ3n) is 14.2. The second-order valence-electron chi connectivity index (χ2n) is 18.7. The van der Waals surface area contributed by atoms with E-state index in [2.05, 4.69) is 46.0 Å². The Labute approximate surface area is 340 Å². The number of carbonyl (C=O) groups excluding carboxylic acids is 3. The van der Waals surface area contributed by atoms with Crippen LogP contribution in [0.5, 0.6) is 0 Å². The normalized spacial score (nSPS) is 33.1. The third-order valence-corrected chi connectivity index (χ3v) is 14.2. The number of hydrogen-bond donors (Lipinski definition) is 2. The number of esters is 1. The van der Waals surface area contributed by atoms with Gasteiger partial charge in [0.2, 0.25) is 11.8 Å². The molecule has 3 heterocycles. The Balaban J connectivity index is 1.16. The molecule has 6 aliphatic rings. The molecule has 3 aliphatic carbocycles. The molecule has 10 heteroatoms. The van der Waals surface area contributed by atoms with Crippen LogP contribution in [0, 0.1) is 17.3 Å². The second-order valence-corrected chi connectivity index (χ2v) is 18.7. The Morgan fingerprint density at radius 2 is 1.74 bits per heavy atom. The van der Waals surface area contributed by atoms with Crippen LogP contribution in [0.1, 0.15) is 153 Å². The van der Waals surface area contributed by atoms with Crippen LogP contribution in [0.4, 0.5) is 0 Å². The number of amides is 2. The largest absolute Gasteiger partial charge is 0.456 e. The third kappa shape index (κ3) is 9.09. The number of fused-ring (bicyclic) bond motifs is 3. The number of rotatable bonds is 15. The lowest BCUT2D eigenvalue weighted by Crippen LogP contribution is -2.49. The summed E-state index contributed by atoms with van der Waals surface area (Å²) in [7, 11) is 0. The number of aliphatic hydroxyl groups excluding tert-OH is 1. The lowest BCUT2D eigenvalue weighted by atomic mass is 9.52. The molecule has 1 aromatic rings. The molecule has 10 nitrogen and oxygen atoms in total. The maximum absolute atomic E-state index is 14.5. The van der Waals surface area contributed by atoms with Gasteiger partial charge < -0.3 is 34.3 Å². The van der Waals surface area contributed by atoms with Gasteiger partial charge in [-0.05, 0) is 99.7 Å². The SMILES string of the molecule is CCCCCC1(CCCCC)O[C@@H]2[C@@H](C=C(C(=O)N3CCC[C@@H]3C(=O)NCCO)C[C@H]2OC(=O)c2ccccc2C=C2CCC3O[C@]3(C)CC[C@@H]3[C@@H]2CC3(C)C)O1. The van der Waals surface area contributed by atoms with Crippen LogP contribution in [-0.2, 0) is 28.5 Å². The average Bonchev–Trinajstić information content (AvgIpc) is 3.48. The quantitative estimate of drug-likeness (QED) is 0.104. The Hall–Kier alpha value is -3.05. The maximum atomic E-state index is 14.5. The molecule has 1 unspecified atom stereocenters. The van der Waals surface area contributed by atoms with E-state index in [0.717, 1.165) is 89.0 Å². The molecule has 1 aromatic carbocycles. The molecule has 2 N–H and O–H groups in total. The van der Waals surface area contributed by atoms with Gasteiger partial charge in [-0.2, -0.15) is 0 Å². The van der Waals surface area contributed by atoms with E-state index < -0.39 is 36.1 Å². The molecular formula is C47H68N2O8. The molecular weight excluding hydrogens is 721 g/mol. The first-order valence-corrected chi connectivity index (χ1v) is 22.3. The monoisotopic (exact) mass is 788 g/mol. The Morgan fingerprint density at radius 1 is 0.982 bits per heavy atom. The van der Waals surface area contributed by atoms with Crippen molar-refractivity contribution in [2.75, 3.05) is 19.7 Å². The summed E-state index contributed by atoms with van der Waals surface area (Å²) in [5, 5.41) is 12.0.